The summed E-state index contributed by atoms with van der Waals surface area (Å²) in [6.07, 6.45) is 3.21. The zero-order valence-corrected chi connectivity index (χ0v) is 14.4. The van der Waals surface area contributed by atoms with Crippen LogP contribution in [0.3, 0.4) is 0 Å². The van der Waals surface area contributed by atoms with Gasteiger partial charge in [0, 0.05) is 38.1 Å². The number of pyridine rings is 1. The van der Waals surface area contributed by atoms with Crippen molar-refractivity contribution in [3.63, 3.8) is 0 Å². The average Bonchev–Trinajstić information content (AvgIpc) is 2.69. The normalized spacial score (nSPS) is 14.4. The van der Waals surface area contributed by atoms with Gasteiger partial charge >= 0.3 is 0 Å². The molecular weight excluding hydrogens is 330 g/mol. The zero-order valence-electron chi connectivity index (χ0n) is 14.4. The molecule has 1 aromatic carbocycles. The molecule has 2 heterocycles. The van der Waals surface area contributed by atoms with Crippen LogP contribution in [0.15, 0.2) is 42.7 Å². The summed E-state index contributed by atoms with van der Waals surface area (Å²) < 4.78 is 5.31. The summed E-state index contributed by atoms with van der Waals surface area (Å²) in [5, 5.41) is 14.9. The summed E-state index contributed by atoms with van der Waals surface area (Å²) in [5.74, 6) is -0.144. The second kappa shape index (κ2) is 8.94. The van der Waals surface area contributed by atoms with Gasteiger partial charge in [-0.15, -0.1) is 0 Å². The molecule has 134 valence electrons. The van der Waals surface area contributed by atoms with Gasteiger partial charge in [-0.3, -0.25) is 14.7 Å². The molecular formula is C19H21N5O2. The molecule has 1 fully saturated rings. The second-order valence-electron chi connectivity index (χ2n) is 5.99. The Labute approximate surface area is 152 Å². The fourth-order valence-electron chi connectivity index (χ4n) is 2.68. The van der Waals surface area contributed by atoms with E-state index in [0.717, 1.165) is 44.2 Å². The maximum Gasteiger partial charge on any atom is 0.252 e. The molecule has 1 aliphatic rings. The predicted molar refractivity (Wildman–Crippen MR) is 98.3 cm³/mol. The minimum absolute atomic E-state index is 0.144. The van der Waals surface area contributed by atoms with Crippen molar-refractivity contribution in [1.29, 1.82) is 5.26 Å². The lowest BCUT2D eigenvalue weighted by atomic mass is 10.2. The highest BCUT2D eigenvalue weighted by atomic mass is 16.5. The molecule has 3 rings (SSSR count). The van der Waals surface area contributed by atoms with E-state index in [2.05, 4.69) is 26.6 Å². The maximum absolute atomic E-state index is 12.3. The van der Waals surface area contributed by atoms with E-state index in [9.17, 15) is 4.79 Å². The first-order valence-electron chi connectivity index (χ1n) is 8.55. The van der Waals surface area contributed by atoms with Crippen LogP contribution in [-0.2, 0) is 4.74 Å². The zero-order chi connectivity index (χ0) is 18.2. The van der Waals surface area contributed by atoms with Crippen LogP contribution in [-0.4, -0.2) is 55.2 Å². The van der Waals surface area contributed by atoms with Gasteiger partial charge in [0.1, 0.15) is 0 Å². The minimum atomic E-state index is -0.144. The fourth-order valence-corrected chi connectivity index (χ4v) is 2.68. The van der Waals surface area contributed by atoms with Crippen molar-refractivity contribution in [3.05, 3.63) is 53.9 Å². The highest BCUT2D eigenvalue weighted by Gasteiger charge is 2.11. The molecule has 0 bridgehead atoms. The van der Waals surface area contributed by atoms with E-state index < -0.39 is 0 Å². The van der Waals surface area contributed by atoms with Crippen molar-refractivity contribution >= 4 is 17.3 Å². The van der Waals surface area contributed by atoms with Crippen molar-refractivity contribution in [2.24, 2.45) is 0 Å². The number of hydrogen-bond donors (Lipinski definition) is 2. The number of ether oxygens (including phenoxy) is 1. The number of morpholine rings is 1. The monoisotopic (exact) mass is 351 g/mol. The first-order valence-corrected chi connectivity index (χ1v) is 8.55. The van der Waals surface area contributed by atoms with Gasteiger partial charge in [0.2, 0.25) is 0 Å². The standard InChI is InChI=1S/C19H21N5O2/c20-12-15-1-3-17(4-2-15)23-18-11-16(13-21-14-18)19(25)22-5-6-24-7-9-26-10-8-24/h1-4,11,13-14,23H,5-10H2,(H,22,25). The Bertz CT molecular complexity index is 779. The number of hydrogen-bond acceptors (Lipinski definition) is 6. The largest absolute Gasteiger partial charge is 0.379 e. The fraction of sp³-hybridized carbons (Fsp3) is 0.316. The van der Waals surface area contributed by atoms with Crippen LogP contribution in [0.1, 0.15) is 15.9 Å². The van der Waals surface area contributed by atoms with Gasteiger partial charge < -0.3 is 15.4 Å². The molecule has 2 aromatic rings. The highest BCUT2D eigenvalue weighted by molar-refractivity contribution is 5.94. The quantitative estimate of drug-likeness (QED) is 0.824. The molecule has 1 saturated heterocycles. The molecule has 0 saturated carbocycles. The Morgan fingerprint density at radius 2 is 1.96 bits per heavy atom. The summed E-state index contributed by atoms with van der Waals surface area (Å²) in [6, 6.07) is 10.9. The van der Waals surface area contributed by atoms with E-state index >= 15 is 0 Å². The number of aromatic nitrogens is 1. The number of benzene rings is 1. The van der Waals surface area contributed by atoms with E-state index in [1.807, 2.05) is 12.1 Å². The lowest BCUT2D eigenvalue weighted by molar-refractivity contribution is 0.0383. The molecule has 2 N–H and O–H groups in total. The Hall–Kier alpha value is -2.95. The van der Waals surface area contributed by atoms with Crippen LogP contribution < -0.4 is 10.6 Å². The van der Waals surface area contributed by atoms with Crippen LogP contribution in [0.5, 0.6) is 0 Å². The number of nitrogens with one attached hydrogen (secondary N) is 2. The van der Waals surface area contributed by atoms with Crippen molar-refractivity contribution in [1.82, 2.24) is 15.2 Å². The number of carbonyl (C=O) groups excluding carboxylic acids is 1. The molecule has 0 aliphatic carbocycles. The Morgan fingerprint density at radius 1 is 1.19 bits per heavy atom. The first-order chi connectivity index (χ1) is 12.7. The lowest BCUT2D eigenvalue weighted by Crippen LogP contribution is -2.41. The van der Waals surface area contributed by atoms with Crippen molar-refractivity contribution in [2.75, 3.05) is 44.7 Å². The minimum Gasteiger partial charge on any atom is -0.379 e. The molecule has 0 atom stereocenters. The Kier molecular flexibility index (Phi) is 6.14. The molecule has 0 unspecified atom stereocenters. The van der Waals surface area contributed by atoms with Crippen molar-refractivity contribution < 1.29 is 9.53 Å². The molecule has 26 heavy (non-hydrogen) atoms. The van der Waals surface area contributed by atoms with E-state index in [-0.39, 0.29) is 5.91 Å². The van der Waals surface area contributed by atoms with Gasteiger partial charge in [-0.25, -0.2) is 0 Å². The van der Waals surface area contributed by atoms with Gasteiger partial charge in [0.15, 0.2) is 0 Å². The number of amides is 1. The van der Waals surface area contributed by atoms with Gasteiger partial charge in [-0.1, -0.05) is 0 Å². The number of rotatable bonds is 6. The Balaban J connectivity index is 1.53. The number of nitriles is 1. The average molecular weight is 351 g/mol. The van der Waals surface area contributed by atoms with Crippen LogP contribution in [0.4, 0.5) is 11.4 Å². The Morgan fingerprint density at radius 3 is 2.69 bits per heavy atom. The van der Waals surface area contributed by atoms with E-state index in [1.54, 1.807) is 30.6 Å². The summed E-state index contributed by atoms with van der Waals surface area (Å²) in [7, 11) is 0. The molecule has 7 heteroatoms. The summed E-state index contributed by atoms with van der Waals surface area (Å²) in [5.41, 5.74) is 2.65. The molecule has 1 aliphatic heterocycles. The second-order valence-corrected chi connectivity index (χ2v) is 5.99. The van der Waals surface area contributed by atoms with Crippen LogP contribution in [0, 0.1) is 11.3 Å². The van der Waals surface area contributed by atoms with Crippen LogP contribution >= 0.6 is 0 Å². The molecule has 0 radical (unpaired) electrons. The summed E-state index contributed by atoms with van der Waals surface area (Å²) in [6.45, 7) is 4.71. The van der Waals surface area contributed by atoms with E-state index in [0.29, 0.717) is 17.7 Å². The molecule has 7 nitrogen and oxygen atoms in total. The van der Waals surface area contributed by atoms with Crippen LogP contribution in [0.2, 0.25) is 0 Å². The SMILES string of the molecule is N#Cc1ccc(Nc2cncc(C(=O)NCCN3CCOCC3)c2)cc1. The topological polar surface area (TPSA) is 90.3 Å². The predicted octanol–water partition coefficient (Wildman–Crippen LogP) is 1.76. The van der Waals surface area contributed by atoms with Crippen molar-refractivity contribution in [3.8, 4) is 6.07 Å². The van der Waals surface area contributed by atoms with Crippen molar-refractivity contribution in [2.45, 2.75) is 0 Å². The summed E-state index contributed by atoms with van der Waals surface area (Å²) >= 11 is 0. The number of carbonyl (C=O) groups is 1. The third kappa shape index (κ3) is 5.02. The first kappa shape index (κ1) is 17.9. The molecule has 1 aromatic heterocycles. The van der Waals surface area contributed by atoms with Gasteiger partial charge in [0.25, 0.3) is 5.91 Å². The van der Waals surface area contributed by atoms with Gasteiger partial charge in [-0.2, -0.15) is 5.26 Å². The number of anilines is 2. The lowest BCUT2D eigenvalue weighted by Gasteiger charge is -2.26. The smallest absolute Gasteiger partial charge is 0.252 e. The van der Waals surface area contributed by atoms with E-state index in [1.165, 1.54) is 0 Å². The van der Waals surface area contributed by atoms with Crippen LogP contribution in [0.25, 0.3) is 0 Å². The summed E-state index contributed by atoms with van der Waals surface area (Å²) in [4.78, 5) is 18.7. The van der Waals surface area contributed by atoms with E-state index in [4.69, 9.17) is 10.00 Å². The number of nitrogens with zero attached hydrogens (tertiary/aromatic N) is 3. The third-order valence-corrected chi connectivity index (χ3v) is 4.12. The maximum atomic E-state index is 12.3. The third-order valence-electron chi connectivity index (χ3n) is 4.12. The van der Waals surface area contributed by atoms with Gasteiger partial charge in [0.05, 0.1) is 42.3 Å². The molecule has 0 spiro atoms. The van der Waals surface area contributed by atoms with Gasteiger partial charge in [-0.05, 0) is 30.3 Å². The molecule has 1 amide bonds. The highest BCUT2D eigenvalue weighted by Crippen LogP contribution is 2.17.